The third kappa shape index (κ3) is 2.90. The molecule has 0 bridgehead atoms. The van der Waals surface area contributed by atoms with Gasteiger partial charge in [0.2, 0.25) is 0 Å². The molecule has 1 aromatic carbocycles. The Labute approximate surface area is 153 Å². The summed E-state index contributed by atoms with van der Waals surface area (Å²) in [5.74, 6) is -1.93. The number of likely N-dealkylation sites (N-methyl/N-ethyl adjacent to an activating group) is 1. The number of imide groups is 2. The van der Waals surface area contributed by atoms with E-state index in [1.54, 1.807) is 19.1 Å². The van der Waals surface area contributed by atoms with Gasteiger partial charge in [0.25, 0.3) is 11.8 Å². The Morgan fingerprint density at radius 1 is 1.15 bits per heavy atom. The number of halogens is 2. The molecule has 0 atom stereocenters. The molecule has 1 aromatic heterocycles. The van der Waals surface area contributed by atoms with E-state index in [-0.39, 0.29) is 10.6 Å². The number of carbonyl (C=O) groups excluding carboxylic acids is 3. The standard InChI is InChI=1S/C18H15ClFN3O3/c1-9-6-11(7-13-16(24)21-18(26)22(3)17(13)25)10(2)23(9)12-4-5-15(20)14(19)8-12/h4-8H,1-3H3,(H,21,24,26)/b13-7+. The van der Waals surface area contributed by atoms with Gasteiger partial charge in [-0.15, -0.1) is 0 Å². The molecule has 0 radical (unpaired) electrons. The lowest BCUT2D eigenvalue weighted by Crippen LogP contribution is -2.52. The SMILES string of the molecule is Cc1cc(/C=C2\C(=O)NC(=O)N(C)C2=O)c(C)n1-c1ccc(F)c(Cl)c1. The lowest BCUT2D eigenvalue weighted by Gasteiger charge is -2.22. The van der Waals surface area contributed by atoms with E-state index < -0.39 is 23.7 Å². The summed E-state index contributed by atoms with van der Waals surface area (Å²) in [6.07, 6.45) is 1.44. The highest BCUT2D eigenvalue weighted by Crippen LogP contribution is 2.26. The predicted octanol–water partition coefficient (Wildman–Crippen LogP) is 2.98. The van der Waals surface area contributed by atoms with Crippen molar-refractivity contribution in [2.45, 2.75) is 13.8 Å². The van der Waals surface area contributed by atoms with Crippen molar-refractivity contribution in [2.75, 3.05) is 7.05 Å². The Balaban J connectivity index is 2.08. The number of nitrogens with one attached hydrogen (secondary N) is 1. The van der Waals surface area contributed by atoms with E-state index in [2.05, 4.69) is 5.32 Å². The highest BCUT2D eigenvalue weighted by Gasteiger charge is 2.33. The zero-order valence-electron chi connectivity index (χ0n) is 14.3. The van der Waals surface area contributed by atoms with Crippen molar-refractivity contribution in [2.24, 2.45) is 0 Å². The molecule has 1 aliphatic heterocycles. The first-order valence-corrected chi connectivity index (χ1v) is 8.08. The lowest BCUT2D eigenvalue weighted by atomic mass is 10.1. The number of aromatic nitrogens is 1. The molecule has 4 amide bonds. The highest BCUT2D eigenvalue weighted by atomic mass is 35.5. The third-order valence-corrected chi connectivity index (χ3v) is 4.53. The molecular formula is C18H15ClFN3O3. The van der Waals surface area contributed by atoms with Gasteiger partial charge >= 0.3 is 6.03 Å². The van der Waals surface area contributed by atoms with Crippen LogP contribution in [-0.4, -0.2) is 34.4 Å². The number of urea groups is 1. The van der Waals surface area contributed by atoms with Crippen molar-refractivity contribution in [1.82, 2.24) is 14.8 Å². The molecule has 1 saturated heterocycles. The van der Waals surface area contributed by atoms with Crippen LogP contribution in [0, 0.1) is 19.7 Å². The first kappa shape index (κ1) is 17.9. The van der Waals surface area contributed by atoms with Gasteiger partial charge in [-0.1, -0.05) is 11.6 Å². The topological polar surface area (TPSA) is 71.4 Å². The Morgan fingerprint density at radius 2 is 1.85 bits per heavy atom. The molecule has 134 valence electrons. The zero-order valence-corrected chi connectivity index (χ0v) is 15.0. The van der Waals surface area contributed by atoms with Crippen LogP contribution in [0.1, 0.15) is 17.0 Å². The van der Waals surface area contributed by atoms with E-state index in [1.165, 1.54) is 25.3 Å². The molecule has 1 N–H and O–H groups in total. The maximum atomic E-state index is 13.4. The molecule has 3 rings (SSSR count). The first-order chi connectivity index (χ1) is 12.2. The molecule has 8 heteroatoms. The van der Waals surface area contributed by atoms with Crippen molar-refractivity contribution < 1.29 is 18.8 Å². The van der Waals surface area contributed by atoms with Crippen molar-refractivity contribution in [3.05, 3.63) is 57.6 Å². The van der Waals surface area contributed by atoms with Gasteiger partial charge in [-0.3, -0.25) is 19.8 Å². The summed E-state index contributed by atoms with van der Waals surface area (Å²) in [7, 11) is 1.29. The van der Waals surface area contributed by atoms with E-state index in [0.29, 0.717) is 11.3 Å². The fourth-order valence-electron chi connectivity index (χ4n) is 2.86. The van der Waals surface area contributed by atoms with Crippen LogP contribution in [0.25, 0.3) is 11.8 Å². The Hall–Kier alpha value is -2.93. The summed E-state index contributed by atoms with van der Waals surface area (Å²) in [6, 6.07) is 5.38. The smallest absolute Gasteiger partial charge is 0.318 e. The van der Waals surface area contributed by atoms with Crippen LogP contribution in [0.5, 0.6) is 0 Å². The number of rotatable bonds is 2. The van der Waals surface area contributed by atoms with Gasteiger partial charge in [-0.2, -0.15) is 0 Å². The maximum absolute atomic E-state index is 13.4. The second-order valence-corrected chi connectivity index (χ2v) is 6.35. The number of benzene rings is 1. The van der Waals surface area contributed by atoms with Gasteiger partial charge in [0.1, 0.15) is 11.4 Å². The summed E-state index contributed by atoms with van der Waals surface area (Å²) < 4.78 is 15.3. The van der Waals surface area contributed by atoms with Crippen LogP contribution < -0.4 is 5.32 Å². The minimum Gasteiger partial charge on any atom is -0.318 e. The van der Waals surface area contributed by atoms with Crippen LogP contribution in [-0.2, 0) is 9.59 Å². The second kappa shape index (κ2) is 6.42. The quantitative estimate of drug-likeness (QED) is 0.648. The number of barbiturate groups is 1. The van der Waals surface area contributed by atoms with Crippen molar-refractivity contribution in [3.8, 4) is 5.69 Å². The van der Waals surface area contributed by atoms with Crippen LogP contribution in [0.15, 0.2) is 29.8 Å². The molecule has 1 fully saturated rings. The summed E-state index contributed by atoms with van der Waals surface area (Å²) in [5.41, 5.74) is 2.69. The van der Waals surface area contributed by atoms with Crippen LogP contribution in [0.3, 0.4) is 0 Å². The molecule has 0 spiro atoms. The van der Waals surface area contributed by atoms with Gasteiger partial charge in [0, 0.05) is 24.1 Å². The number of nitrogens with zero attached hydrogens (tertiary/aromatic N) is 2. The van der Waals surface area contributed by atoms with Crippen LogP contribution in [0.4, 0.5) is 9.18 Å². The van der Waals surface area contributed by atoms with Gasteiger partial charge in [-0.25, -0.2) is 9.18 Å². The van der Waals surface area contributed by atoms with E-state index in [4.69, 9.17) is 11.6 Å². The highest BCUT2D eigenvalue weighted by molar-refractivity contribution is 6.31. The van der Waals surface area contributed by atoms with Crippen molar-refractivity contribution in [1.29, 1.82) is 0 Å². The average molecular weight is 376 g/mol. The predicted molar refractivity (Wildman–Crippen MR) is 94.5 cm³/mol. The van der Waals surface area contributed by atoms with E-state index in [1.807, 2.05) is 11.5 Å². The van der Waals surface area contributed by atoms with E-state index in [9.17, 15) is 18.8 Å². The molecule has 0 saturated carbocycles. The second-order valence-electron chi connectivity index (χ2n) is 5.94. The molecule has 6 nitrogen and oxygen atoms in total. The number of amides is 4. The monoisotopic (exact) mass is 375 g/mol. The van der Waals surface area contributed by atoms with Crippen LogP contribution >= 0.6 is 11.6 Å². The molecule has 2 heterocycles. The number of carbonyl (C=O) groups is 3. The Bertz CT molecular complexity index is 994. The average Bonchev–Trinajstić information content (AvgIpc) is 2.86. The molecule has 0 unspecified atom stereocenters. The first-order valence-electron chi connectivity index (χ1n) is 7.70. The number of hydrogen-bond acceptors (Lipinski definition) is 3. The van der Waals surface area contributed by atoms with Crippen molar-refractivity contribution >= 4 is 35.5 Å². The van der Waals surface area contributed by atoms with Gasteiger partial charge < -0.3 is 4.57 Å². The molecule has 0 aliphatic carbocycles. The normalized spacial score (nSPS) is 16.4. The summed E-state index contributed by atoms with van der Waals surface area (Å²) in [6.45, 7) is 3.64. The lowest BCUT2D eigenvalue weighted by molar-refractivity contribution is -0.129. The molecule has 1 aliphatic rings. The van der Waals surface area contributed by atoms with Gasteiger partial charge in [0.05, 0.1) is 5.02 Å². The van der Waals surface area contributed by atoms with E-state index >= 15 is 0 Å². The molecule has 2 aromatic rings. The largest absolute Gasteiger partial charge is 0.331 e. The Morgan fingerprint density at radius 3 is 2.50 bits per heavy atom. The number of hydrogen-bond donors (Lipinski definition) is 1. The van der Waals surface area contributed by atoms with Crippen molar-refractivity contribution in [3.63, 3.8) is 0 Å². The minimum absolute atomic E-state index is 0.00289. The zero-order chi connectivity index (χ0) is 19.2. The summed E-state index contributed by atoms with van der Waals surface area (Å²) >= 11 is 5.86. The van der Waals surface area contributed by atoms with Gasteiger partial charge in [-0.05, 0) is 49.8 Å². The fraction of sp³-hybridized carbons (Fsp3) is 0.167. The van der Waals surface area contributed by atoms with E-state index in [0.717, 1.165) is 16.3 Å². The van der Waals surface area contributed by atoms with Gasteiger partial charge in [0.15, 0.2) is 0 Å². The van der Waals surface area contributed by atoms with Crippen LogP contribution in [0.2, 0.25) is 5.02 Å². The fourth-order valence-corrected chi connectivity index (χ4v) is 3.03. The Kier molecular flexibility index (Phi) is 4.41. The maximum Gasteiger partial charge on any atom is 0.331 e. The molecular weight excluding hydrogens is 361 g/mol. The number of aryl methyl sites for hydroxylation is 1. The minimum atomic E-state index is -0.761. The third-order valence-electron chi connectivity index (χ3n) is 4.24. The summed E-state index contributed by atoms with van der Waals surface area (Å²) in [5, 5.41) is 2.11. The summed E-state index contributed by atoms with van der Waals surface area (Å²) in [4.78, 5) is 36.5. The molecule has 26 heavy (non-hydrogen) atoms.